The number of pyridine rings is 1. The predicted octanol–water partition coefficient (Wildman–Crippen LogP) is 1.32. The third-order valence-corrected chi connectivity index (χ3v) is 2.56. The molecule has 1 aliphatic carbocycles. The smallest absolute Gasteiger partial charge is 0.255 e. The Kier molecular flexibility index (Phi) is 2.33. The molecule has 4 nitrogen and oxygen atoms in total. The van der Waals surface area contributed by atoms with E-state index in [1.54, 1.807) is 0 Å². The fraction of sp³-hybridized carbons (Fsp3) is 0.300. The molecule has 1 radical (unpaired) electrons. The molecule has 5 heteroatoms. The summed E-state index contributed by atoms with van der Waals surface area (Å²) in [6, 6.07) is 6.19. The fourth-order valence-corrected chi connectivity index (χ4v) is 1.37. The first kappa shape index (κ1) is 9.94. The maximum absolute atomic E-state index is 11.7. The average Bonchev–Trinajstić information content (AvgIpc) is 2.99. The summed E-state index contributed by atoms with van der Waals surface area (Å²) in [5, 5.41) is 11.6. The molecular formula is C10H7ClN3O. The topological polar surface area (TPSA) is 65.8 Å². The van der Waals surface area contributed by atoms with Gasteiger partial charge in [0.05, 0.1) is 11.6 Å². The molecule has 1 heterocycles. The fourth-order valence-electron chi connectivity index (χ4n) is 1.18. The van der Waals surface area contributed by atoms with Crippen LogP contribution in [0.5, 0.6) is 0 Å². The third-order valence-electron chi connectivity index (χ3n) is 2.26. The van der Waals surface area contributed by atoms with Crippen molar-refractivity contribution < 1.29 is 4.79 Å². The van der Waals surface area contributed by atoms with Gasteiger partial charge in [-0.3, -0.25) is 4.79 Å². The van der Waals surface area contributed by atoms with Crippen LogP contribution in [0.2, 0.25) is 5.15 Å². The second-order valence-electron chi connectivity index (χ2n) is 3.42. The quantitative estimate of drug-likeness (QED) is 0.765. The van der Waals surface area contributed by atoms with Gasteiger partial charge in [0, 0.05) is 12.3 Å². The molecule has 0 atom stereocenters. The Labute approximate surface area is 91.9 Å². The number of amides is 1. The first-order valence-corrected chi connectivity index (χ1v) is 4.80. The molecule has 0 aromatic carbocycles. The lowest BCUT2D eigenvalue weighted by atomic mass is 10.2. The average molecular weight is 221 g/mol. The summed E-state index contributed by atoms with van der Waals surface area (Å²) in [7, 11) is 0. The van der Waals surface area contributed by atoms with Gasteiger partial charge in [-0.1, -0.05) is 11.6 Å². The van der Waals surface area contributed by atoms with Crippen LogP contribution < -0.4 is 5.32 Å². The minimum atomic E-state index is -0.684. The standard InChI is InChI=1S/C10H7ClN3O/c11-8-7(2-1-5-13-8)9(15)14-10(6-12)3-4-10/h2,5H,3-4H2,(H,14,15). The van der Waals surface area contributed by atoms with Gasteiger partial charge in [0.1, 0.15) is 10.7 Å². The number of aromatic nitrogens is 1. The van der Waals surface area contributed by atoms with Crippen LogP contribution >= 0.6 is 11.6 Å². The van der Waals surface area contributed by atoms with Gasteiger partial charge < -0.3 is 5.32 Å². The summed E-state index contributed by atoms with van der Waals surface area (Å²) < 4.78 is 0. The minimum absolute atomic E-state index is 0.125. The van der Waals surface area contributed by atoms with Crippen molar-refractivity contribution in [1.29, 1.82) is 5.26 Å². The van der Waals surface area contributed by atoms with Crippen LogP contribution in [0.4, 0.5) is 0 Å². The molecule has 15 heavy (non-hydrogen) atoms. The highest BCUT2D eigenvalue weighted by Gasteiger charge is 2.44. The van der Waals surface area contributed by atoms with Gasteiger partial charge in [-0.25, -0.2) is 4.98 Å². The molecule has 1 saturated carbocycles. The number of hydrogen-bond donors (Lipinski definition) is 1. The number of carbonyl (C=O) groups is 1. The van der Waals surface area contributed by atoms with Gasteiger partial charge in [-0.15, -0.1) is 0 Å². The predicted molar refractivity (Wildman–Crippen MR) is 53.1 cm³/mol. The van der Waals surface area contributed by atoms with Gasteiger partial charge in [-0.2, -0.15) is 5.26 Å². The number of nitrogens with one attached hydrogen (secondary N) is 1. The van der Waals surface area contributed by atoms with Crippen molar-refractivity contribution in [2.24, 2.45) is 0 Å². The van der Waals surface area contributed by atoms with Crippen molar-refractivity contribution >= 4 is 17.5 Å². The third kappa shape index (κ3) is 1.92. The summed E-state index contributed by atoms with van der Waals surface area (Å²) in [6.45, 7) is 0. The molecule has 75 valence electrons. The van der Waals surface area contributed by atoms with Crippen molar-refractivity contribution in [3.05, 3.63) is 29.0 Å². The lowest BCUT2D eigenvalue weighted by Crippen LogP contribution is -2.35. The van der Waals surface area contributed by atoms with Crippen molar-refractivity contribution in [3.8, 4) is 6.07 Å². The molecule has 1 N–H and O–H groups in total. The van der Waals surface area contributed by atoms with E-state index in [9.17, 15) is 4.79 Å². The molecule has 0 saturated heterocycles. The molecule has 2 rings (SSSR count). The Morgan fingerprint density at radius 3 is 3.00 bits per heavy atom. The zero-order chi connectivity index (χ0) is 10.9. The summed E-state index contributed by atoms with van der Waals surface area (Å²) in [6.07, 6.45) is 2.77. The van der Waals surface area contributed by atoms with Crippen LogP contribution in [0.15, 0.2) is 12.3 Å². The lowest BCUT2D eigenvalue weighted by Gasteiger charge is -2.09. The summed E-state index contributed by atoms with van der Waals surface area (Å²) >= 11 is 5.74. The van der Waals surface area contributed by atoms with Gasteiger partial charge in [0.2, 0.25) is 0 Å². The van der Waals surface area contributed by atoms with Gasteiger partial charge in [-0.05, 0) is 18.9 Å². The normalized spacial score (nSPS) is 16.5. The van der Waals surface area contributed by atoms with Crippen LogP contribution in [0, 0.1) is 17.4 Å². The Hall–Kier alpha value is -1.60. The maximum atomic E-state index is 11.7. The van der Waals surface area contributed by atoms with E-state index in [0.29, 0.717) is 12.8 Å². The van der Waals surface area contributed by atoms with E-state index in [4.69, 9.17) is 16.9 Å². The number of hydrogen-bond acceptors (Lipinski definition) is 3. The first-order chi connectivity index (χ1) is 7.17. The van der Waals surface area contributed by atoms with E-state index >= 15 is 0 Å². The summed E-state index contributed by atoms with van der Waals surface area (Å²) in [5.74, 6) is -0.372. The number of nitrogens with zero attached hydrogens (tertiary/aromatic N) is 2. The number of rotatable bonds is 2. The molecule has 1 fully saturated rings. The molecule has 1 aromatic heterocycles. The van der Waals surface area contributed by atoms with Crippen LogP contribution in [-0.4, -0.2) is 16.4 Å². The zero-order valence-corrected chi connectivity index (χ0v) is 8.51. The van der Waals surface area contributed by atoms with E-state index in [2.05, 4.69) is 22.4 Å². The van der Waals surface area contributed by atoms with Crippen LogP contribution in [0.25, 0.3) is 0 Å². The Balaban J connectivity index is 2.16. The highest BCUT2D eigenvalue weighted by molar-refractivity contribution is 6.32. The monoisotopic (exact) mass is 220 g/mol. The second kappa shape index (κ2) is 3.52. The van der Waals surface area contributed by atoms with Gasteiger partial charge in [0.25, 0.3) is 5.91 Å². The van der Waals surface area contributed by atoms with Crippen molar-refractivity contribution in [2.75, 3.05) is 0 Å². The van der Waals surface area contributed by atoms with E-state index in [1.165, 1.54) is 12.3 Å². The molecule has 1 aliphatic rings. The second-order valence-corrected chi connectivity index (χ2v) is 3.78. The number of nitriles is 1. The van der Waals surface area contributed by atoms with E-state index in [1.807, 2.05) is 0 Å². The highest BCUT2D eigenvalue weighted by atomic mass is 35.5. The zero-order valence-electron chi connectivity index (χ0n) is 7.75. The molecule has 1 aromatic rings. The number of halogens is 1. The van der Waals surface area contributed by atoms with Crippen molar-refractivity contribution in [3.63, 3.8) is 0 Å². The summed E-state index contributed by atoms with van der Waals surface area (Å²) in [4.78, 5) is 15.4. The van der Waals surface area contributed by atoms with Crippen molar-refractivity contribution in [1.82, 2.24) is 10.3 Å². The SMILES string of the molecule is N#CC1(NC(=O)c2c[c]cnc2Cl)CC1. The lowest BCUT2D eigenvalue weighted by molar-refractivity contribution is 0.0941. The number of carbonyl (C=O) groups excluding carboxylic acids is 1. The molecule has 0 bridgehead atoms. The van der Waals surface area contributed by atoms with E-state index in [0.717, 1.165) is 0 Å². The largest absolute Gasteiger partial charge is 0.334 e. The van der Waals surface area contributed by atoms with E-state index in [-0.39, 0.29) is 16.6 Å². The Morgan fingerprint density at radius 1 is 1.73 bits per heavy atom. The molecule has 0 spiro atoms. The Bertz CT molecular complexity index is 448. The minimum Gasteiger partial charge on any atom is -0.334 e. The molecule has 1 amide bonds. The summed E-state index contributed by atoms with van der Waals surface area (Å²) in [5.41, 5.74) is -0.434. The molecule has 0 unspecified atom stereocenters. The van der Waals surface area contributed by atoms with Gasteiger partial charge >= 0.3 is 0 Å². The molecule has 0 aliphatic heterocycles. The van der Waals surface area contributed by atoms with Crippen molar-refractivity contribution in [2.45, 2.75) is 18.4 Å². The first-order valence-electron chi connectivity index (χ1n) is 4.42. The van der Waals surface area contributed by atoms with Crippen LogP contribution in [0.3, 0.4) is 0 Å². The van der Waals surface area contributed by atoms with Crippen LogP contribution in [0.1, 0.15) is 23.2 Å². The van der Waals surface area contributed by atoms with E-state index < -0.39 is 5.54 Å². The van der Waals surface area contributed by atoms with Gasteiger partial charge in [0.15, 0.2) is 0 Å². The Morgan fingerprint density at radius 2 is 2.47 bits per heavy atom. The van der Waals surface area contributed by atoms with Crippen LogP contribution in [-0.2, 0) is 0 Å². The molecular weight excluding hydrogens is 214 g/mol. The highest BCUT2D eigenvalue weighted by Crippen LogP contribution is 2.34. The maximum Gasteiger partial charge on any atom is 0.255 e.